The smallest absolute Gasteiger partial charge is 0.124 e. The van der Waals surface area contributed by atoms with Gasteiger partial charge in [0.05, 0.1) is 0 Å². The van der Waals surface area contributed by atoms with E-state index in [1.807, 2.05) is 36.4 Å². The number of aromatic nitrogens is 1. The molecular formula is C15H11NO. The summed E-state index contributed by atoms with van der Waals surface area (Å²) >= 11 is 0. The van der Waals surface area contributed by atoms with Crippen LogP contribution in [-0.2, 0) is 0 Å². The van der Waals surface area contributed by atoms with Crippen molar-refractivity contribution in [2.75, 3.05) is 0 Å². The summed E-state index contributed by atoms with van der Waals surface area (Å²) in [5.41, 5.74) is 4.31. The summed E-state index contributed by atoms with van der Waals surface area (Å²) in [6, 6.07) is 20.4. The van der Waals surface area contributed by atoms with Gasteiger partial charge in [-0.2, -0.15) is 0 Å². The maximum Gasteiger partial charge on any atom is 0.124 e. The Bertz CT molecular complexity index is 600. The Kier molecular flexibility index (Phi) is 2.47. The summed E-state index contributed by atoms with van der Waals surface area (Å²) < 4.78 is 4.91. The molecule has 0 radical (unpaired) electrons. The molecule has 0 saturated carbocycles. The van der Waals surface area contributed by atoms with Gasteiger partial charge in [0.15, 0.2) is 0 Å². The van der Waals surface area contributed by atoms with Crippen LogP contribution in [0.3, 0.4) is 0 Å². The van der Waals surface area contributed by atoms with Gasteiger partial charge >= 0.3 is 0 Å². The Morgan fingerprint density at radius 1 is 0.706 bits per heavy atom. The van der Waals surface area contributed by atoms with Crippen molar-refractivity contribution >= 4 is 0 Å². The second kappa shape index (κ2) is 4.26. The fourth-order valence-electron chi connectivity index (χ4n) is 1.93. The number of benzene rings is 2. The van der Waals surface area contributed by atoms with Crippen LogP contribution in [0.2, 0.25) is 0 Å². The topological polar surface area (TPSA) is 26.0 Å². The normalized spacial score (nSPS) is 10.4. The van der Waals surface area contributed by atoms with Crippen LogP contribution in [0.25, 0.3) is 22.4 Å². The third kappa shape index (κ3) is 1.85. The molecule has 0 aliphatic heterocycles. The van der Waals surface area contributed by atoms with Crippen LogP contribution < -0.4 is 0 Å². The van der Waals surface area contributed by atoms with Gasteiger partial charge in [0, 0.05) is 11.6 Å². The quantitative estimate of drug-likeness (QED) is 0.653. The molecule has 0 amide bonds. The molecule has 1 aromatic heterocycles. The van der Waals surface area contributed by atoms with E-state index in [-0.39, 0.29) is 0 Å². The van der Waals surface area contributed by atoms with E-state index in [1.54, 1.807) is 6.26 Å². The Balaban J connectivity index is 2.18. The average molecular weight is 221 g/mol. The van der Waals surface area contributed by atoms with E-state index in [0.29, 0.717) is 0 Å². The molecule has 17 heavy (non-hydrogen) atoms. The van der Waals surface area contributed by atoms with Crippen molar-refractivity contribution in [3.05, 3.63) is 66.9 Å². The predicted octanol–water partition coefficient (Wildman–Crippen LogP) is 4.01. The molecule has 3 aromatic rings. The Hall–Kier alpha value is -2.35. The highest BCUT2D eigenvalue weighted by molar-refractivity contribution is 5.81. The van der Waals surface area contributed by atoms with Gasteiger partial charge in [-0.05, 0) is 11.1 Å². The van der Waals surface area contributed by atoms with Crippen LogP contribution in [0, 0.1) is 0 Å². The van der Waals surface area contributed by atoms with Crippen LogP contribution in [-0.4, -0.2) is 5.16 Å². The zero-order valence-corrected chi connectivity index (χ0v) is 9.21. The lowest BCUT2D eigenvalue weighted by Gasteiger charge is -2.06. The zero-order valence-electron chi connectivity index (χ0n) is 9.21. The number of nitrogens with zero attached hydrogens (tertiary/aromatic N) is 1. The molecule has 3 rings (SSSR count). The maximum atomic E-state index is 4.91. The molecule has 82 valence electrons. The molecule has 2 nitrogen and oxygen atoms in total. The van der Waals surface area contributed by atoms with Gasteiger partial charge in [-0.25, -0.2) is 0 Å². The number of hydrogen-bond donors (Lipinski definition) is 0. The minimum absolute atomic E-state index is 0.865. The van der Waals surface area contributed by atoms with Crippen molar-refractivity contribution in [2.45, 2.75) is 0 Å². The molecule has 0 fully saturated rings. The summed E-state index contributed by atoms with van der Waals surface area (Å²) in [5.74, 6) is 0. The van der Waals surface area contributed by atoms with E-state index in [4.69, 9.17) is 4.52 Å². The first-order chi connectivity index (χ1) is 8.45. The Morgan fingerprint density at radius 3 is 2.12 bits per heavy atom. The van der Waals surface area contributed by atoms with E-state index in [0.717, 1.165) is 11.3 Å². The molecule has 0 unspecified atom stereocenters. The highest BCUT2D eigenvalue weighted by Crippen LogP contribution is 2.30. The third-order valence-electron chi connectivity index (χ3n) is 2.73. The first kappa shape index (κ1) is 9.85. The largest absolute Gasteiger partial charge is 0.364 e. The minimum Gasteiger partial charge on any atom is -0.364 e. The first-order valence-electron chi connectivity index (χ1n) is 5.50. The molecule has 2 aromatic carbocycles. The van der Waals surface area contributed by atoms with Gasteiger partial charge in [-0.3, -0.25) is 0 Å². The molecule has 0 N–H and O–H groups in total. The molecule has 0 aliphatic carbocycles. The van der Waals surface area contributed by atoms with Crippen LogP contribution in [0.4, 0.5) is 0 Å². The van der Waals surface area contributed by atoms with E-state index < -0.39 is 0 Å². The fourth-order valence-corrected chi connectivity index (χ4v) is 1.93. The van der Waals surface area contributed by atoms with Gasteiger partial charge in [0.25, 0.3) is 0 Å². The van der Waals surface area contributed by atoms with E-state index in [2.05, 4.69) is 29.4 Å². The molecule has 2 heteroatoms. The predicted molar refractivity (Wildman–Crippen MR) is 67.4 cm³/mol. The van der Waals surface area contributed by atoms with Gasteiger partial charge in [-0.15, -0.1) is 0 Å². The summed E-state index contributed by atoms with van der Waals surface area (Å²) in [6.45, 7) is 0. The molecule has 0 bridgehead atoms. The van der Waals surface area contributed by atoms with Crippen molar-refractivity contribution in [2.24, 2.45) is 0 Å². The van der Waals surface area contributed by atoms with Crippen LogP contribution >= 0.6 is 0 Å². The first-order valence-corrected chi connectivity index (χ1v) is 5.50. The van der Waals surface area contributed by atoms with Gasteiger partial charge in [0.2, 0.25) is 0 Å². The SMILES string of the molecule is c1ccc(-c2ccccc2-c2ccon2)cc1. The van der Waals surface area contributed by atoms with Gasteiger partial charge in [0.1, 0.15) is 12.0 Å². The second-order valence-corrected chi connectivity index (χ2v) is 3.80. The standard InChI is InChI=1S/C15H11NO/c1-2-6-12(7-3-1)13-8-4-5-9-14(13)15-10-11-17-16-15/h1-11H. The van der Waals surface area contributed by atoms with Crippen LogP contribution in [0.15, 0.2) is 71.4 Å². The second-order valence-electron chi connectivity index (χ2n) is 3.80. The Morgan fingerprint density at radius 2 is 1.41 bits per heavy atom. The van der Waals surface area contributed by atoms with Crippen molar-refractivity contribution < 1.29 is 4.52 Å². The van der Waals surface area contributed by atoms with E-state index in [1.165, 1.54) is 11.1 Å². The molecular weight excluding hydrogens is 210 g/mol. The maximum absolute atomic E-state index is 4.91. The van der Waals surface area contributed by atoms with Crippen molar-refractivity contribution in [3.63, 3.8) is 0 Å². The average Bonchev–Trinajstić information content (AvgIpc) is 2.94. The summed E-state index contributed by atoms with van der Waals surface area (Å²) in [5, 5.41) is 4.00. The summed E-state index contributed by atoms with van der Waals surface area (Å²) in [6.07, 6.45) is 1.59. The van der Waals surface area contributed by atoms with Crippen LogP contribution in [0.1, 0.15) is 0 Å². The van der Waals surface area contributed by atoms with E-state index >= 15 is 0 Å². The Labute approximate surface area is 99.5 Å². The molecule has 1 heterocycles. The highest BCUT2D eigenvalue weighted by atomic mass is 16.5. The van der Waals surface area contributed by atoms with E-state index in [9.17, 15) is 0 Å². The lowest BCUT2D eigenvalue weighted by atomic mass is 9.98. The number of rotatable bonds is 2. The minimum atomic E-state index is 0.865. The molecule has 0 atom stereocenters. The van der Waals surface area contributed by atoms with Crippen molar-refractivity contribution in [3.8, 4) is 22.4 Å². The van der Waals surface area contributed by atoms with Crippen molar-refractivity contribution in [1.29, 1.82) is 0 Å². The molecule has 0 spiro atoms. The van der Waals surface area contributed by atoms with Crippen molar-refractivity contribution in [1.82, 2.24) is 5.16 Å². The molecule has 0 aliphatic rings. The zero-order chi connectivity index (χ0) is 11.5. The summed E-state index contributed by atoms with van der Waals surface area (Å²) in [4.78, 5) is 0. The lowest BCUT2D eigenvalue weighted by molar-refractivity contribution is 0.422. The third-order valence-corrected chi connectivity index (χ3v) is 2.73. The number of hydrogen-bond acceptors (Lipinski definition) is 2. The lowest BCUT2D eigenvalue weighted by Crippen LogP contribution is -1.84. The van der Waals surface area contributed by atoms with Gasteiger partial charge in [-0.1, -0.05) is 59.8 Å². The van der Waals surface area contributed by atoms with Gasteiger partial charge < -0.3 is 4.52 Å². The van der Waals surface area contributed by atoms with Crippen LogP contribution in [0.5, 0.6) is 0 Å². The highest BCUT2D eigenvalue weighted by Gasteiger charge is 2.08. The monoisotopic (exact) mass is 221 g/mol. The molecule has 0 saturated heterocycles. The summed E-state index contributed by atoms with van der Waals surface area (Å²) in [7, 11) is 0. The fraction of sp³-hybridized carbons (Fsp3) is 0.